The fourth-order valence-electron chi connectivity index (χ4n) is 3.38. The van der Waals surface area contributed by atoms with Crippen LogP contribution in [0.15, 0.2) is 35.7 Å². The minimum absolute atomic E-state index is 0.303. The highest BCUT2D eigenvalue weighted by Crippen LogP contribution is 2.24. The summed E-state index contributed by atoms with van der Waals surface area (Å²) >= 11 is 1.30. The molecule has 2 amide bonds. The maximum Gasteiger partial charge on any atom is 0.341 e. The van der Waals surface area contributed by atoms with E-state index < -0.39 is 5.97 Å². The van der Waals surface area contributed by atoms with Crippen molar-refractivity contribution < 1.29 is 14.3 Å². The lowest BCUT2D eigenvalue weighted by Gasteiger charge is -2.36. The third-order valence-corrected chi connectivity index (χ3v) is 5.76. The van der Waals surface area contributed by atoms with Gasteiger partial charge in [0.15, 0.2) is 0 Å². The fourth-order valence-corrected chi connectivity index (χ4v) is 4.15. The van der Waals surface area contributed by atoms with E-state index in [0.717, 1.165) is 32.7 Å². The highest BCUT2D eigenvalue weighted by Gasteiger charge is 2.19. The zero-order chi connectivity index (χ0) is 20.6. The van der Waals surface area contributed by atoms with Crippen molar-refractivity contribution in [2.24, 2.45) is 0 Å². The molecule has 156 valence electrons. The molecule has 0 atom stereocenters. The summed E-state index contributed by atoms with van der Waals surface area (Å²) in [5.74, 6) is -0.421. The average molecular weight is 417 g/mol. The number of nitrogens with zero attached hydrogens (tertiary/aromatic N) is 2. The number of ether oxygens (including phenoxy) is 1. The SMILES string of the molecule is CCOC(=O)c1ccsc1NC(=O)NCCN1CCN(c2ccccc2C)CC1. The molecule has 0 radical (unpaired) electrons. The number of aryl methyl sites for hydroxylation is 1. The molecule has 0 bridgehead atoms. The van der Waals surface area contributed by atoms with Gasteiger partial charge in [-0.2, -0.15) is 0 Å². The number of carbonyl (C=O) groups is 2. The third-order valence-electron chi connectivity index (χ3n) is 4.93. The van der Waals surface area contributed by atoms with Crippen LogP contribution in [0.5, 0.6) is 0 Å². The lowest BCUT2D eigenvalue weighted by molar-refractivity contribution is 0.0528. The highest BCUT2D eigenvalue weighted by atomic mass is 32.1. The van der Waals surface area contributed by atoms with Crippen LogP contribution in [0.3, 0.4) is 0 Å². The summed E-state index contributed by atoms with van der Waals surface area (Å²) in [4.78, 5) is 28.8. The molecule has 0 spiro atoms. The highest BCUT2D eigenvalue weighted by molar-refractivity contribution is 7.14. The quantitative estimate of drug-likeness (QED) is 0.678. The second-order valence-electron chi connectivity index (χ2n) is 6.88. The normalized spacial score (nSPS) is 14.5. The number of urea groups is 1. The molecular weight excluding hydrogens is 388 g/mol. The van der Waals surface area contributed by atoms with Gasteiger partial charge in [-0.3, -0.25) is 10.2 Å². The van der Waals surface area contributed by atoms with Crippen LogP contribution in [0.4, 0.5) is 15.5 Å². The summed E-state index contributed by atoms with van der Waals surface area (Å²) < 4.78 is 5.00. The first-order valence-corrected chi connectivity index (χ1v) is 10.8. The number of esters is 1. The van der Waals surface area contributed by atoms with Crippen LogP contribution in [0.2, 0.25) is 0 Å². The predicted molar refractivity (Wildman–Crippen MR) is 117 cm³/mol. The number of benzene rings is 1. The van der Waals surface area contributed by atoms with E-state index in [1.807, 2.05) is 0 Å². The van der Waals surface area contributed by atoms with Gasteiger partial charge < -0.3 is 15.0 Å². The van der Waals surface area contributed by atoms with E-state index in [4.69, 9.17) is 4.74 Å². The molecule has 1 aliphatic rings. The Kier molecular flexibility index (Phi) is 7.48. The fraction of sp³-hybridized carbons (Fsp3) is 0.429. The summed E-state index contributed by atoms with van der Waals surface area (Å²) in [5, 5.41) is 7.88. The smallest absolute Gasteiger partial charge is 0.341 e. The zero-order valence-corrected chi connectivity index (χ0v) is 17.8. The number of amides is 2. The van der Waals surface area contributed by atoms with E-state index in [-0.39, 0.29) is 6.03 Å². The van der Waals surface area contributed by atoms with Gasteiger partial charge in [0.05, 0.1) is 12.2 Å². The van der Waals surface area contributed by atoms with Gasteiger partial charge in [0, 0.05) is 45.0 Å². The van der Waals surface area contributed by atoms with Gasteiger partial charge in [-0.05, 0) is 36.9 Å². The Labute approximate surface area is 175 Å². The molecule has 7 nitrogen and oxygen atoms in total. The second-order valence-corrected chi connectivity index (χ2v) is 7.80. The Morgan fingerprint density at radius 3 is 2.62 bits per heavy atom. The van der Waals surface area contributed by atoms with E-state index in [1.54, 1.807) is 18.4 Å². The first-order chi connectivity index (χ1) is 14.1. The zero-order valence-electron chi connectivity index (χ0n) is 16.9. The van der Waals surface area contributed by atoms with Crippen molar-refractivity contribution in [3.05, 3.63) is 46.8 Å². The maximum absolute atomic E-state index is 12.2. The van der Waals surface area contributed by atoms with Crippen molar-refractivity contribution in [3.63, 3.8) is 0 Å². The number of thiophene rings is 1. The van der Waals surface area contributed by atoms with Gasteiger partial charge in [0.25, 0.3) is 0 Å². The van der Waals surface area contributed by atoms with Gasteiger partial charge in [-0.1, -0.05) is 18.2 Å². The number of hydrogen-bond donors (Lipinski definition) is 2. The standard InChI is InChI=1S/C21H28N4O3S/c1-3-28-20(26)17-8-15-29-19(17)23-21(27)22-9-10-24-11-13-25(14-12-24)18-7-5-4-6-16(18)2/h4-8,15H,3,9-14H2,1-2H3,(H2,22,23,27). The van der Waals surface area contributed by atoms with Crippen molar-refractivity contribution in [1.29, 1.82) is 0 Å². The van der Waals surface area contributed by atoms with Crippen molar-refractivity contribution in [3.8, 4) is 0 Å². The number of piperazine rings is 1. The van der Waals surface area contributed by atoms with Crippen molar-refractivity contribution in [2.45, 2.75) is 13.8 Å². The minimum atomic E-state index is -0.421. The molecule has 0 saturated carbocycles. The predicted octanol–water partition coefficient (Wildman–Crippen LogP) is 3.18. The molecule has 0 unspecified atom stereocenters. The molecule has 2 N–H and O–H groups in total. The summed E-state index contributed by atoms with van der Waals surface area (Å²) in [7, 11) is 0. The van der Waals surface area contributed by atoms with E-state index in [2.05, 4.69) is 51.6 Å². The number of nitrogens with one attached hydrogen (secondary N) is 2. The molecule has 1 saturated heterocycles. The van der Waals surface area contributed by atoms with Crippen LogP contribution >= 0.6 is 11.3 Å². The summed E-state index contributed by atoms with van der Waals surface area (Å²) in [6.45, 7) is 9.45. The van der Waals surface area contributed by atoms with E-state index in [0.29, 0.717) is 23.7 Å². The lowest BCUT2D eigenvalue weighted by Crippen LogP contribution is -2.48. The summed E-state index contributed by atoms with van der Waals surface area (Å²) in [6.07, 6.45) is 0. The molecule has 2 heterocycles. The van der Waals surface area contributed by atoms with Crippen LogP contribution in [0, 0.1) is 6.92 Å². The molecule has 2 aromatic rings. The Morgan fingerprint density at radius 2 is 1.90 bits per heavy atom. The Hall–Kier alpha value is -2.58. The maximum atomic E-state index is 12.2. The first-order valence-electron chi connectivity index (χ1n) is 9.91. The first kappa shape index (κ1) is 21.1. The average Bonchev–Trinajstić information content (AvgIpc) is 3.17. The number of para-hydroxylation sites is 1. The van der Waals surface area contributed by atoms with Crippen molar-refractivity contribution in [1.82, 2.24) is 10.2 Å². The Bertz CT molecular complexity index is 831. The second kappa shape index (κ2) is 10.3. The Morgan fingerprint density at radius 1 is 1.14 bits per heavy atom. The van der Waals surface area contributed by atoms with Crippen LogP contribution in [0.25, 0.3) is 0 Å². The van der Waals surface area contributed by atoms with Crippen LogP contribution in [0.1, 0.15) is 22.8 Å². The van der Waals surface area contributed by atoms with Gasteiger partial charge in [-0.25, -0.2) is 9.59 Å². The van der Waals surface area contributed by atoms with Crippen LogP contribution < -0.4 is 15.5 Å². The van der Waals surface area contributed by atoms with Crippen molar-refractivity contribution in [2.75, 3.05) is 56.1 Å². The van der Waals surface area contributed by atoms with Gasteiger partial charge in [0.2, 0.25) is 0 Å². The van der Waals surface area contributed by atoms with Gasteiger partial charge in [-0.15, -0.1) is 11.3 Å². The van der Waals surface area contributed by atoms with Crippen molar-refractivity contribution >= 4 is 34.0 Å². The monoisotopic (exact) mass is 416 g/mol. The third kappa shape index (κ3) is 5.71. The van der Waals surface area contributed by atoms with E-state index in [1.165, 1.54) is 22.6 Å². The molecular formula is C21H28N4O3S. The van der Waals surface area contributed by atoms with E-state index >= 15 is 0 Å². The molecule has 29 heavy (non-hydrogen) atoms. The van der Waals surface area contributed by atoms with E-state index in [9.17, 15) is 9.59 Å². The summed E-state index contributed by atoms with van der Waals surface area (Å²) in [6, 6.07) is 9.82. The minimum Gasteiger partial charge on any atom is -0.462 e. The molecule has 1 aliphatic heterocycles. The molecule has 3 rings (SSSR count). The molecule has 1 aromatic carbocycles. The van der Waals surface area contributed by atoms with Gasteiger partial charge in [0.1, 0.15) is 5.00 Å². The number of carbonyl (C=O) groups excluding carboxylic acids is 2. The Balaban J connectivity index is 1.39. The number of rotatable bonds is 7. The molecule has 1 aromatic heterocycles. The number of anilines is 2. The van der Waals surface area contributed by atoms with Crippen LogP contribution in [-0.2, 0) is 4.74 Å². The molecule has 8 heteroatoms. The largest absolute Gasteiger partial charge is 0.462 e. The number of hydrogen-bond acceptors (Lipinski definition) is 6. The summed E-state index contributed by atoms with van der Waals surface area (Å²) in [5.41, 5.74) is 2.99. The van der Waals surface area contributed by atoms with Crippen LogP contribution in [-0.4, -0.2) is 62.8 Å². The molecule has 1 fully saturated rings. The molecule has 0 aliphatic carbocycles. The lowest BCUT2D eigenvalue weighted by atomic mass is 10.1. The van der Waals surface area contributed by atoms with Gasteiger partial charge >= 0.3 is 12.0 Å². The topological polar surface area (TPSA) is 73.9 Å².